The van der Waals surface area contributed by atoms with E-state index in [0.29, 0.717) is 24.0 Å². The number of pyridine rings is 1. The lowest BCUT2D eigenvalue weighted by atomic mass is 10.1. The van der Waals surface area contributed by atoms with Gasteiger partial charge in [0.25, 0.3) is 0 Å². The van der Waals surface area contributed by atoms with Gasteiger partial charge in [0.05, 0.1) is 12.2 Å². The van der Waals surface area contributed by atoms with E-state index in [1.165, 1.54) is 5.56 Å². The van der Waals surface area contributed by atoms with Crippen molar-refractivity contribution in [3.05, 3.63) is 22.9 Å². The van der Waals surface area contributed by atoms with E-state index in [1.807, 2.05) is 6.07 Å². The molecule has 1 aromatic heterocycles. The molecule has 0 bridgehead atoms. The molecule has 1 aromatic rings. The average Bonchev–Trinajstić information content (AvgIpc) is 2.71. The largest absolute Gasteiger partial charge is 0.477 e. The topological polar surface area (TPSA) is 72.0 Å². The molecule has 4 nitrogen and oxygen atoms in total. The summed E-state index contributed by atoms with van der Waals surface area (Å²) in [5.74, 6) is 0.989. The Kier molecular flexibility index (Phi) is 3.31. The summed E-state index contributed by atoms with van der Waals surface area (Å²) < 4.78 is 5.65. The monoisotopic (exact) mass is 233 g/mol. The molecule has 0 aliphatic heterocycles. The first-order valence-corrected chi connectivity index (χ1v) is 6.08. The number of amidine groups is 1. The lowest BCUT2D eigenvalue weighted by molar-refractivity contribution is 0.260. The fourth-order valence-corrected chi connectivity index (χ4v) is 2.00. The van der Waals surface area contributed by atoms with Crippen LogP contribution in [0.15, 0.2) is 6.07 Å². The van der Waals surface area contributed by atoms with Gasteiger partial charge >= 0.3 is 0 Å². The zero-order chi connectivity index (χ0) is 12.4. The number of fused-ring (bicyclic) bond motifs is 1. The Balaban J connectivity index is 2.31. The van der Waals surface area contributed by atoms with Crippen LogP contribution in [0.4, 0.5) is 0 Å². The molecule has 1 aliphatic carbocycles. The van der Waals surface area contributed by atoms with Gasteiger partial charge in [0, 0.05) is 5.69 Å². The number of hydrogen-bond acceptors (Lipinski definition) is 3. The molecule has 4 heteroatoms. The molecule has 2 rings (SSSR count). The predicted octanol–water partition coefficient (Wildman–Crippen LogP) is 1.89. The third-order valence-electron chi connectivity index (χ3n) is 2.86. The van der Waals surface area contributed by atoms with Crippen molar-refractivity contribution in [2.75, 3.05) is 6.61 Å². The SMILES string of the molecule is CC(C)COc1nc2c(cc1C(=N)N)CCC2. The van der Waals surface area contributed by atoms with Gasteiger partial charge in [-0.3, -0.25) is 5.41 Å². The Hall–Kier alpha value is -1.58. The third-order valence-corrected chi connectivity index (χ3v) is 2.86. The van der Waals surface area contributed by atoms with Gasteiger partial charge in [-0.25, -0.2) is 4.98 Å². The Bertz CT molecular complexity index is 441. The number of nitrogens with two attached hydrogens (primary N) is 1. The third kappa shape index (κ3) is 2.57. The molecule has 92 valence electrons. The van der Waals surface area contributed by atoms with E-state index >= 15 is 0 Å². The number of rotatable bonds is 4. The van der Waals surface area contributed by atoms with Gasteiger partial charge in [0.1, 0.15) is 5.84 Å². The highest BCUT2D eigenvalue weighted by molar-refractivity contribution is 5.97. The van der Waals surface area contributed by atoms with E-state index in [1.54, 1.807) is 0 Å². The lowest BCUT2D eigenvalue weighted by Crippen LogP contribution is -2.16. The number of ether oxygens (including phenoxy) is 1. The Morgan fingerprint density at radius 1 is 1.53 bits per heavy atom. The summed E-state index contributed by atoms with van der Waals surface area (Å²) >= 11 is 0. The van der Waals surface area contributed by atoms with Gasteiger partial charge in [-0.2, -0.15) is 0 Å². The summed E-state index contributed by atoms with van der Waals surface area (Å²) in [7, 11) is 0. The van der Waals surface area contributed by atoms with Crippen LogP contribution in [0.2, 0.25) is 0 Å². The van der Waals surface area contributed by atoms with E-state index in [2.05, 4.69) is 18.8 Å². The van der Waals surface area contributed by atoms with Crippen LogP contribution in [-0.4, -0.2) is 17.4 Å². The molecule has 1 aliphatic rings. The van der Waals surface area contributed by atoms with E-state index < -0.39 is 0 Å². The molecule has 0 fully saturated rings. The molecule has 0 atom stereocenters. The molecule has 0 amide bonds. The molecule has 0 spiro atoms. The van der Waals surface area contributed by atoms with Gasteiger partial charge in [0.2, 0.25) is 5.88 Å². The number of nitrogens with zero attached hydrogens (tertiary/aromatic N) is 1. The highest BCUT2D eigenvalue weighted by Crippen LogP contribution is 2.26. The molecule has 0 aromatic carbocycles. The molecule has 3 N–H and O–H groups in total. The maximum atomic E-state index is 7.58. The van der Waals surface area contributed by atoms with Gasteiger partial charge in [-0.15, -0.1) is 0 Å². The van der Waals surface area contributed by atoms with Crippen LogP contribution in [0, 0.1) is 11.3 Å². The van der Waals surface area contributed by atoms with Crippen LogP contribution in [0.1, 0.15) is 37.1 Å². The molecule has 1 heterocycles. The van der Waals surface area contributed by atoms with Gasteiger partial charge in [-0.1, -0.05) is 13.8 Å². The molecule has 17 heavy (non-hydrogen) atoms. The van der Waals surface area contributed by atoms with Gasteiger partial charge < -0.3 is 10.5 Å². The molecule has 0 radical (unpaired) electrons. The summed E-state index contributed by atoms with van der Waals surface area (Å²) in [6.45, 7) is 4.77. The van der Waals surface area contributed by atoms with Crippen LogP contribution in [-0.2, 0) is 12.8 Å². The first kappa shape index (κ1) is 11.9. The number of aromatic nitrogens is 1. The molecule has 0 saturated carbocycles. The van der Waals surface area contributed by atoms with Crippen LogP contribution in [0.3, 0.4) is 0 Å². The van der Waals surface area contributed by atoms with Crippen molar-refractivity contribution in [2.45, 2.75) is 33.1 Å². The predicted molar refractivity (Wildman–Crippen MR) is 67.6 cm³/mol. The first-order chi connectivity index (χ1) is 8.08. The van der Waals surface area contributed by atoms with Crippen molar-refractivity contribution in [1.29, 1.82) is 5.41 Å². The smallest absolute Gasteiger partial charge is 0.224 e. The van der Waals surface area contributed by atoms with Gasteiger partial charge in [-0.05, 0) is 36.8 Å². The van der Waals surface area contributed by atoms with E-state index in [9.17, 15) is 0 Å². The van der Waals surface area contributed by atoms with E-state index in [0.717, 1.165) is 25.0 Å². The van der Waals surface area contributed by atoms with Crippen molar-refractivity contribution in [3.8, 4) is 5.88 Å². The van der Waals surface area contributed by atoms with Crippen molar-refractivity contribution in [2.24, 2.45) is 11.7 Å². The summed E-state index contributed by atoms with van der Waals surface area (Å²) in [6.07, 6.45) is 3.17. The lowest BCUT2D eigenvalue weighted by Gasteiger charge is -2.13. The van der Waals surface area contributed by atoms with Crippen molar-refractivity contribution < 1.29 is 4.74 Å². The van der Waals surface area contributed by atoms with Gasteiger partial charge in [0.15, 0.2) is 0 Å². The van der Waals surface area contributed by atoms with E-state index in [-0.39, 0.29) is 5.84 Å². The maximum absolute atomic E-state index is 7.58. The summed E-state index contributed by atoms with van der Waals surface area (Å²) in [6, 6.07) is 1.97. The number of hydrogen-bond donors (Lipinski definition) is 2. The van der Waals surface area contributed by atoms with Crippen LogP contribution >= 0.6 is 0 Å². The summed E-state index contributed by atoms with van der Waals surface area (Å²) in [5.41, 5.74) is 8.53. The molecule has 0 unspecified atom stereocenters. The van der Waals surface area contributed by atoms with Crippen LogP contribution < -0.4 is 10.5 Å². The fraction of sp³-hybridized carbons (Fsp3) is 0.538. The second-order valence-corrected chi connectivity index (χ2v) is 4.92. The number of nitrogen functional groups attached to an aromatic ring is 1. The Morgan fingerprint density at radius 3 is 2.94 bits per heavy atom. The number of aryl methyl sites for hydroxylation is 2. The average molecular weight is 233 g/mol. The molecular weight excluding hydrogens is 214 g/mol. The van der Waals surface area contributed by atoms with Crippen molar-refractivity contribution in [1.82, 2.24) is 4.98 Å². The minimum absolute atomic E-state index is 0.0333. The van der Waals surface area contributed by atoms with Crippen LogP contribution in [0.5, 0.6) is 5.88 Å². The Morgan fingerprint density at radius 2 is 2.29 bits per heavy atom. The normalized spacial score (nSPS) is 13.8. The minimum Gasteiger partial charge on any atom is -0.477 e. The number of nitrogens with one attached hydrogen (secondary N) is 1. The zero-order valence-corrected chi connectivity index (χ0v) is 10.4. The van der Waals surface area contributed by atoms with Crippen molar-refractivity contribution in [3.63, 3.8) is 0 Å². The second kappa shape index (κ2) is 4.73. The first-order valence-electron chi connectivity index (χ1n) is 6.08. The summed E-state index contributed by atoms with van der Waals surface area (Å²) in [5, 5.41) is 7.58. The van der Waals surface area contributed by atoms with E-state index in [4.69, 9.17) is 15.9 Å². The standard InChI is InChI=1S/C13H19N3O/c1-8(2)7-17-13-10(12(14)15)6-9-4-3-5-11(9)16-13/h6,8H,3-5,7H2,1-2H3,(H3,14,15). The fourth-order valence-electron chi connectivity index (χ4n) is 2.00. The molecular formula is C13H19N3O. The van der Waals surface area contributed by atoms with Crippen LogP contribution in [0.25, 0.3) is 0 Å². The van der Waals surface area contributed by atoms with Crippen molar-refractivity contribution >= 4 is 5.84 Å². The quantitative estimate of drug-likeness (QED) is 0.616. The Labute approximate surface area is 102 Å². The zero-order valence-electron chi connectivity index (χ0n) is 10.4. The highest BCUT2D eigenvalue weighted by atomic mass is 16.5. The summed E-state index contributed by atoms with van der Waals surface area (Å²) in [4.78, 5) is 4.50. The maximum Gasteiger partial charge on any atom is 0.224 e. The molecule has 0 saturated heterocycles. The highest BCUT2D eigenvalue weighted by Gasteiger charge is 2.18. The second-order valence-electron chi connectivity index (χ2n) is 4.92. The minimum atomic E-state index is 0.0333.